The van der Waals surface area contributed by atoms with Crippen molar-refractivity contribution in [3.63, 3.8) is 0 Å². The maximum atomic E-state index is 13.9. The molecule has 7 rings (SSSR count). The average Bonchev–Trinajstić information content (AvgIpc) is 3.71. The summed E-state index contributed by atoms with van der Waals surface area (Å²) < 4.78 is 81.0. The van der Waals surface area contributed by atoms with Crippen LogP contribution in [0.5, 0.6) is 17.2 Å². The molecule has 16 nitrogen and oxygen atoms in total. The summed E-state index contributed by atoms with van der Waals surface area (Å²) in [5, 5.41) is 0.320. The van der Waals surface area contributed by atoms with Crippen molar-refractivity contribution in [1.29, 1.82) is 0 Å². The third-order valence-corrected chi connectivity index (χ3v) is 13.0. The number of anilines is 2. The summed E-state index contributed by atoms with van der Waals surface area (Å²) >= 11 is 0. The molecule has 0 atom stereocenters. The van der Waals surface area contributed by atoms with Crippen LogP contribution in [0, 0.1) is 6.92 Å². The van der Waals surface area contributed by atoms with E-state index in [9.17, 15) is 26.4 Å². The minimum Gasteiger partial charge on any atom is -0.491 e. The molecular formula is C42H44N6O10S2. The van der Waals surface area contributed by atoms with Crippen molar-refractivity contribution in [2.75, 3.05) is 48.8 Å². The first-order valence-corrected chi connectivity index (χ1v) is 22.2. The molecule has 4 heterocycles. The molecule has 1 aliphatic rings. The summed E-state index contributed by atoms with van der Waals surface area (Å²) in [5.41, 5.74) is 2.15. The number of nitrogens with one attached hydrogen (secondary N) is 1. The minimum absolute atomic E-state index is 0.0134. The van der Waals surface area contributed by atoms with Gasteiger partial charge >= 0.3 is 5.97 Å². The van der Waals surface area contributed by atoms with Crippen LogP contribution < -0.4 is 24.7 Å². The zero-order valence-electron chi connectivity index (χ0n) is 33.4. The fraction of sp³-hybridized carbons (Fsp3) is 0.286. The highest BCUT2D eigenvalue weighted by molar-refractivity contribution is 7.92. The smallest absolute Gasteiger partial charge is 0.376 e. The van der Waals surface area contributed by atoms with Crippen molar-refractivity contribution in [3.8, 4) is 28.4 Å². The van der Waals surface area contributed by atoms with Crippen LogP contribution >= 0.6 is 0 Å². The first kappa shape index (κ1) is 41.9. The molecule has 3 aromatic heterocycles. The van der Waals surface area contributed by atoms with Gasteiger partial charge in [-0.2, -0.15) is 0 Å². The van der Waals surface area contributed by atoms with Crippen molar-refractivity contribution < 1.29 is 40.6 Å². The fourth-order valence-corrected chi connectivity index (χ4v) is 8.78. The van der Waals surface area contributed by atoms with Crippen molar-refractivity contribution in [2.24, 2.45) is 7.05 Å². The number of nitrogens with zero attached hydrogens (tertiary/aromatic N) is 5. The molecule has 0 bridgehead atoms. The Balaban J connectivity index is 1.08. The lowest BCUT2D eigenvalue weighted by Crippen LogP contribution is -2.37. The normalized spacial score (nSPS) is 13.6. The molecule has 18 heteroatoms. The monoisotopic (exact) mass is 856 g/mol. The molecular weight excluding hydrogens is 813 g/mol. The van der Waals surface area contributed by atoms with E-state index in [1.54, 1.807) is 79.3 Å². The summed E-state index contributed by atoms with van der Waals surface area (Å²) in [6, 6.07) is 19.7. The lowest BCUT2D eigenvalue weighted by atomic mass is 10.0. The molecule has 1 fully saturated rings. The Labute approximate surface area is 347 Å². The van der Waals surface area contributed by atoms with Gasteiger partial charge in [0.1, 0.15) is 29.4 Å². The molecule has 1 saturated heterocycles. The standard InChI is InChI=1S/C42H44N6O10S2/c1-5-59(51,52)45-29-11-14-38(36(23-29)37-27-46(3)41(49)39-35(37)17-20-48(39)60(53,54)34-12-9-28(2)10-13-34)58-33-8-6-7-32(24-33)57-22-21-56-31-15-18-47(19-16-31)30-25-43-40(44-26-30)42(50)55-4/h6-14,17,20,23-27,31,45H,5,15-16,18-19,21-22H2,1-4H3. The van der Waals surface area contributed by atoms with E-state index in [1.165, 1.54) is 44.0 Å². The number of fused-ring (bicyclic) bond motifs is 1. The van der Waals surface area contributed by atoms with Gasteiger partial charge in [0, 0.05) is 60.8 Å². The van der Waals surface area contributed by atoms with E-state index in [0.717, 1.165) is 41.2 Å². The van der Waals surface area contributed by atoms with E-state index in [1.807, 2.05) is 6.92 Å². The Morgan fingerprint density at radius 3 is 2.32 bits per heavy atom. The Morgan fingerprint density at radius 1 is 0.900 bits per heavy atom. The van der Waals surface area contributed by atoms with Gasteiger partial charge in [-0.15, -0.1) is 0 Å². The van der Waals surface area contributed by atoms with E-state index in [-0.39, 0.29) is 40.4 Å². The molecule has 60 heavy (non-hydrogen) atoms. The Hall–Kier alpha value is -6.24. The lowest BCUT2D eigenvalue weighted by molar-refractivity contribution is 0.0202. The highest BCUT2D eigenvalue weighted by atomic mass is 32.2. The maximum absolute atomic E-state index is 13.9. The van der Waals surface area contributed by atoms with E-state index in [2.05, 4.69) is 24.3 Å². The van der Waals surface area contributed by atoms with Crippen LogP contribution in [-0.4, -0.2) is 86.6 Å². The SMILES string of the molecule is CCS(=O)(=O)Nc1ccc(Oc2cccc(OCCOC3CCN(c4cnc(C(=O)OC)nc4)CC3)c2)c(-c2cn(C)c(=O)c3c2ccn3S(=O)(=O)c2ccc(C)cc2)c1. The largest absolute Gasteiger partial charge is 0.491 e. The lowest BCUT2D eigenvalue weighted by Gasteiger charge is -2.33. The maximum Gasteiger partial charge on any atom is 0.376 e. The summed E-state index contributed by atoms with van der Waals surface area (Å²) in [7, 11) is -5.04. The Morgan fingerprint density at radius 2 is 1.62 bits per heavy atom. The predicted octanol–water partition coefficient (Wildman–Crippen LogP) is 5.75. The van der Waals surface area contributed by atoms with Crippen LogP contribution in [0.3, 0.4) is 0 Å². The summed E-state index contributed by atoms with van der Waals surface area (Å²) in [6.07, 6.45) is 7.76. The van der Waals surface area contributed by atoms with Crippen LogP contribution in [0.1, 0.15) is 35.9 Å². The number of aryl methyl sites for hydroxylation is 2. The van der Waals surface area contributed by atoms with Crippen LogP contribution in [0.2, 0.25) is 0 Å². The second kappa shape index (κ2) is 17.5. The number of pyridine rings is 1. The molecule has 0 amide bonds. The quantitative estimate of drug-likeness (QED) is 0.0972. The number of sulfonamides is 1. The summed E-state index contributed by atoms with van der Waals surface area (Å²) in [4.78, 5) is 35.6. The number of carbonyl (C=O) groups excluding carboxylic acids is 1. The number of hydrogen-bond donors (Lipinski definition) is 1. The number of piperidine rings is 1. The number of aromatic nitrogens is 4. The first-order valence-electron chi connectivity index (χ1n) is 19.1. The van der Waals surface area contributed by atoms with Crippen molar-refractivity contribution >= 4 is 48.3 Å². The first-order chi connectivity index (χ1) is 28.8. The van der Waals surface area contributed by atoms with Gasteiger partial charge in [0.05, 0.1) is 48.6 Å². The average molecular weight is 857 g/mol. The molecule has 0 aliphatic carbocycles. The second-order valence-electron chi connectivity index (χ2n) is 14.1. The highest BCUT2D eigenvalue weighted by Crippen LogP contribution is 2.40. The number of hydrogen-bond acceptors (Lipinski definition) is 13. The molecule has 6 aromatic rings. The van der Waals surface area contributed by atoms with E-state index >= 15 is 0 Å². The van der Waals surface area contributed by atoms with Gasteiger partial charge < -0.3 is 28.4 Å². The molecule has 0 unspecified atom stereocenters. The minimum atomic E-state index is -4.17. The number of methoxy groups -OCH3 is 1. The van der Waals surface area contributed by atoms with Crippen LogP contribution in [-0.2, 0) is 36.6 Å². The number of esters is 1. The third kappa shape index (κ3) is 9.15. The van der Waals surface area contributed by atoms with Gasteiger partial charge in [-0.25, -0.2) is 35.6 Å². The zero-order valence-corrected chi connectivity index (χ0v) is 35.0. The van der Waals surface area contributed by atoms with Gasteiger partial charge in [0.25, 0.3) is 15.6 Å². The third-order valence-electron chi connectivity index (χ3n) is 10.0. The van der Waals surface area contributed by atoms with Crippen molar-refractivity contribution in [3.05, 3.63) is 119 Å². The van der Waals surface area contributed by atoms with Crippen molar-refractivity contribution in [1.82, 2.24) is 18.5 Å². The molecule has 314 valence electrons. The number of rotatable bonds is 15. The molecule has 0 radical (unpaired) electrons. The van der Waals surface area contributed by atoms with Crippen LogP contribution in [0.15, 0.2) is 107 Å². The van der Waals surface area contributed by atoms with Gasteiger partial charge in [-0.3, -0.25) is 9.52 Å². The van der Waals surface area contributed by atoms with Crippen molar-refractivity contribution in [2.45, 2.75) is 37.7 Å². The van der Waals surface area contributed by atoms with Gasteiger partial charge in [0.2, 0.25) is 15.8 Å². The predicted molar refractivity (Wildman–Crippen MR) is 226 cm³/mol. The fourth-order valence-electron chi connectivity index (χ4n) is 6.80. The summed E-state index contributed by atoms with van der Waals surface area (Å²) in [5.74, 6) is 0.512. The highest BCUT2D eigenvalue weighted by Gasteiger charge is 2.25. The van der Waals surface area contributed by atoms with E-state index in [4.69, 9.17) is 14.2 Å². The second-order valence-corrected chi connectivity index (χ2v) is 17.9. The van der Waals surface area contributed by atoms with Gasteiger partial charge in [0.15, 0.2) is 0 Å². The van der Waals surface area contributed by atoms with E-state index < -0.39 is 31.6 Å². The van der Waals surface area contributed by atoms with Crippen LogP contribution in [0.25, 0.3) is 22.0 Å². The molecule has 0 spiro atoms. The van der Waals surface area contributed by atoms with Gasteiger partial charge in [-0.05, 0) is 75.2 Å². The molecule has 1 N–H and O–H groups in total. The topological polar surface area (TPSA) is 190 Å². The van der Waals surface area contributed by atoms with Gasteiger partial charge in [-0.1, -0.05) is 23.8 Å². The number of benzene rings is 3. The molecule has 3 aromatic carbocycles. The van der Waals surface area contributed by atoms with E-state index in [0.29, 0.717) is 40.4 Å². The Bertz CT molecular complexity index is 2800. The number of carbonyl (C=O) groups is 1. The zero-order chi connectivity index (χ0) is 42.6. The van der Waals surface area contributed by atoms with Crippen LogP contribution in [0.4, 0.5) is 11.4 Å². The molecule has 1 aliphatic heterocycles. The summed E-state index contributed by atoms with van der Waals surface area (Å²) in [6.45, 7) is 5.48. The molecule has 0 saturated carbocycles. The Kier molecular flexibility index (Phi) is 12.3. The number of ether oxygens (including phenoxy) is 4.